The van der Waals surface area contributed by atoms with E-state index in [0.717, 1.165) is 38.3 Å². The Kier molecular flexibility index (Phi) is 8.78. The predicted octanol–water partition coefficient (Wildman–Crippen LogP) is 1.88. The summed E-state index contributed by atoms with van der Waals surface area (Å²) in [5.74, 6) is 2.62. The molecule has 1 aliphatic heterocycles. The standard InChI is InChI=1S/C18H30N6O2.HI/c1-13-21-16(26-23-13)8-10-20-18(19-2)22-15-9-11-24(12-15)17(25)14-6-4-3-5-7-14;/h14-15H,3-12H2,1-2H3,(H2,19,20,22);1H. The van der Waals surface area contributed by atoms with Gasteiger partial charge in [-0.15, -0.1) is 24.0 Å². The second-order valence-corrected chi connectivity index (χ2v) is 7.23. The predicted molar refractivity (Wildman–Crippen MR) is 114 cm³/mol. The van der Waals surface area contributed by atoms with E-state index in [1.807, 2.05) is 4.90 Å². The summed E-state index contributed by atoms with van der Waals surface area (Å²) in [6.45, 7) is 4.07. The number of nitrogens with one attached hydrogen (secondary N) is 2. The molecule has 1 aromatic rings. The highest BCUT2D eigenvalue weighted by atomic mass is 127. The average Bonchev–Trinajstić information content (AvgIpc) is 3.30. The Labute approximate surface area is 178 Å². The first kappa shape index (κ1) is 21.9. The van der Waals surface area contributed by atoms with Gasteiger partial charge in [-0.3, -0.25) is 9.79 Å². The van der Waals surface area contributed by atoms with Crippen LogP contribution in [0.5, 0.6) is 0 Å². The molecule has 3 rings (SSSR count). The molecule has 1 aromatic heterocycles. The summed E-state index contributed by atoms with van der Waals surface area (Å²) in [5.41, 5.74) is 0. The van der Waals surface area contributed by atoms with Crippen LogP contribution >= 0.6 is 24.0 Å². The Hall–Kier alpha value is -1.39. The van der Waals surface area contributed by atoms with Crippen molar-refractivity contribution in [2.24, 2.45) is 10.9 Å². The minimum Gasteiger partial charge on any atom is -0.356 e. The van der Waals surface area contributed by atoms with Crippen molar-refractivity contribution in [2.75, 3.05) is 26.7 Å². The van der Waals surface area contributed by atoms with Crippen molar-refractivity contribution in [1.82, 2.24) is 25.7 Å². The molecule has 2 fully saturated rings. The molecule has 2 N–H and O–H groups in total. The topological polar surface area (TPSA) is 95.7 Å². The number of likely N-dealkylation sites (tertiary alicyclic amines) is 1. The summed E-state index contributed by atoms with van der Waals surface area (Å²) >= 11 is 0. The highest BCUT2D eigenvalue weighted by Gasteiger charge is 2.31. The lowest BCUT2D eigenvalue weighted by Gasteiger charge is -2.26. The molecule has 1 atom stereocenters. The molecule has 0 radical (unpaired) electrons. The van der Waals surface area contributed by atoms with Crippen molar-refractivity contribution in [3.8, 4) is 0 Å². The molecule has 2 heterocycles. The number of halogens is 1. The number of aliphatic imine (C=N–C) groups is 1. The number of hydrogen-bond acceptors (Lipinski definition) is 5. The fourth-order valence-corrected chi connectivity index (χ4v) is 3.80. The number of carbonyl (C=O) groups is 1. The van der Waals surface area contributed by atoms with E-state index >= 15 is 0 Å². The van der Waals surface area contributed by atoms with Crippen LogP contribution in [0.15, 0.2) is 9.52 Å². The first-order chi connectivity index (χ1) is 12.7. The van der Waals surface area contributed by atoms with Crippen molar-refractivity contribution in [3.63, 3.8) is 0 Å². The van der Waals surface area contributed by atoms with Crippen molar-refractivity contribution < 1.29 is 9.32 Å². The number of guanidine groups is 1. The summed E-state index contributed by atoms with van der Waals surface area (Å²) in [4.78, 5) is 23.2. The van der Waals surface area contributed by atoms with E-state index in [0.29, 0.717) is 30.6 Å². The second-order valence-electron chi connectivity index (χ2n) is 7.23. The second kappa shape index (κ2) is 10.8. The number of nitrogens with zero attached hydrogens (tertiary/aromatic N) is 4. The molecule has 1 aliphatic carbocycles. The van der Waals surface area contributed by atoms with Crippen LogP contribution in [0.4, 0.5) is 0 Å². The summed E-state index contributed by atoms with van der Waals surface area (Å²) in [6, 6.07) is 0.249. The first-order valence-corrected chi connectivity index (χ1v) is 9.71. The molecule has 0 spiro atoms. The van der Waals surface area contributed by atoms with Crippen molar-refractivity contribution in [3.05, 3.63) is 11.7 Å². The quantitative estimate of drug-likeness (QED) is 0.372. The molecule has 0 aromatic carbocycles. The van der Waals surface area contributed by atoms with E-state index in [4.69, 9.17) is 4.52 Å². The van der Waals surface area contributed by atoms with Crippen LogP contribution in [0.3, 0.4) is 0 Å². The molecule has 0 bridgehead atoms. The fraction of sp³-hybridized carbons (Fsp3) is 0.778. The van der Waals surface area contributed by atoms with Crippen LogP contribution in [0.2, 0.25) is 0 Å². The van der Waals surface area contributed by atoms with Gasteiger partial charge in [-0.1, -0.05) is 24.4 Å². The fourth-order valence-electron chi connectivity index (χ4n) is 3.80. The lowest BCUT2D eigenvalue weighted by molar-refractivity contribution is -0.135. The van der Waals surface area contributed by atoms with Crippen LogP contribution in [0.25, 0.3) is 0 Å². The highest BCUT2D eigenvalue weighted by Crippen LogP contribution is 2.26. The molecule has 27 heavy (non-hydrogen) atoms. The van der Waals surface area contributed by atoms with Gasteiger partial charge in [0.15, 0.2) is 11.8 Å². The van der Waals surface area contributed by atoms with Gasteiger partial charge >= 0.3 is 0 Å². The maximum Gasteiger partial charge on any atom is 0.228 e. The zero-order valence-corrected chi connectivity index (χ0v) is 18.6. The van der Waals surface area contributed by atoms with Crippen molar-refractivity contribution in [1.29, 1.82) is 0 Å². The van der Waals surface area contributed by atoms with Gasteiger partial charge in [0.25, 0.3) is 0 Å². The molecule has 1 amide bonds. The third kappa shape index (κ3) is 6.32. The average molecular weight is 490 g/mol. The minimum absolute atomic E-state index is 0. The molecular formula is C18H31IN6O2. The van der Waals surface area contributed by atoms with E-state index in [2.05, 4.69) is 25.8 Å². The summed E-state index contributed by atoms with van der Waals surface area (Å²) in [7, 11) is 1.76. The smallest absolute Gasteiger partial charge is 0.228 e. The SMILES string of the molecule is CN=C(NCCc1nc(C)no1)NC1CCN(C(=O)C2CCCCC2)C1.I. The highest BCUT2D eigenvalue weighted by molar-refractivity contribution is 14.0. The molecule has 1 unspecified atom stereocenters. The Morgan fingerprint density at radius 3 is 2.74 bits per heavy atom. The van der Waals surface area contributed by atoms with Crippen molar-refractivity contribution >= 4 is 35.8 Å². The lowest BCUT2D eigenvalue weighted by Crippen LogP contribution is -2.46. The van der Waals surface area contributed by atoms with Gasteiger partial charge in [0, 0.05) is 45.1 Å². The van der Waals surface area contributed by atoms with E-state index in [1.54, 1.807) is 14.0 Å². The zero-order valence-electron chi connectivity index (χ0n) is 16.2. The number of aryl methyl sites for hydroxylation is 1. The molecule has 1 saturated carbocycles. The van der Waals surface area contributed by atoms with Gasteiger partial charge in [0.05, 0.1) is 0 Å². The van der Waals surface area contributed by atoms with Crippen LogP contribution in [0.1, 0.15) is 50.2 Å². The van der Waals surface area contributed by atoms with Crippen LogP contribution in [-0.4, -0.2) is 59.6 Å². The van der Waals surface area contributed by atoms with Gasteiger partial charge < -0.3 is 20.1 Å². The van der Waals surface area contributed by atoms with Crippen LogP contribution in [-0.2, 0) is 11.2 Å². The van der Waals surface area contributed by atoms with E-state index in [-0.39, 0.29) is 35.9 Å². The van der Waals surface area contributed by atoms with E-state index in [1.165, 1.54) is 19.3 Å². The normalized spacial score (nSPS) is 21.0. The Morgan fingerprint density at radius 1 is 1.30 bits per heavy atom. The van der Waals surface area contributed by atoms with Gasteiger partial charge in [-0.25, -0.2) is 0 Å². The summed E-state index contributed by atoms with van der Waals surface area (Å²) in [6.07, 6.45) is 7.40. The minimum atomic E-state index is 0. The number of carbonyl (C=O) groups excluding carboxylic acids is 1. The number of amides is 1. The molecule has 8 nitrogen and oxygen atoms in total. The lowest BCUT2D eigenvalue weighted by atomic mass is 9.88. The van der Waals surface area contributed by atoms with Crippen molar-refractivity contribution in [2.45, 2.75) is 57.9 Å². The summed E-state index contributed by atoms with van der Waals surface area (Å²) in [5, 5.41) is 10.5. The Morgan fingerprint density at radius 2 is 2.07 bits per heavy atom. The Balaban J connectivity index is 0.00000261. The van der Waals surface area contributed by atoms with Gasteiger partial charge in [0.2, 0.25) is 11.8 Å². The number of hydrogen-bond donors (Lipinski definition) is 2. The summed E-state index contributed by atoms with van der Waals surface area (Å²) < 4.78 is 5.11. The molecule has 2 aliphatic rings. The molecule has 152 valence electrons. The van der Waals surface area contributed by atoms with E-state index < -0.39 is 0 Å². The van der Waals surface area contributed by atoms with Crippen LogP contribution < -0.4 is 10.6 Å². The molecular weight excluding hydrogens is 459 g/mol. The number of aromatic nitrogens is 2. The molecule has 9 heteroatoms. The first-order valence-electron chi connectivity index (χ1n) is 9.71. The largest absolute Gasteiger partial charge is 0.356 e. The van der Waals surface area contributed by atoms with Gasteiger partial charge in [0.1, 0.15) is 0 Å². The van der Waals surface area contributed by atoms with Crippen LogP contribution in [0, 0.1) is 12.8 Å². The maximum atomic E-state index is 12.7. The third-order valence-electron chi connectivity index (χ3n) is 5.22. The Bertz CT molecular complexity index is 629. The molecule has 1 saturated heterocycles. The van der Waals surface area contributed by atoms with Gasteiger partial charge in [-0.2, -0.15) is 4.98 Å². The third-order valence-corrected chi connectivity index (χ3v) is 5.22. The monoisotopic (exact) mass is 490 g/mol. The number of rotatable bonds is 5. The van der Waals surface area contributed by atoms with Gasteiger partial charge in [-0.05, 0) is 26.2 Å². The van der Waals surface area contributed by atoms with E-state index in [9.17, 15) is 4.79 Å². The maximum absolute atomic E-state index is 12.7. The zero-order chi connectivity index (χ0) is 18.4.